The van der Waals surface area contributed by atoms with Gasteiger partial charge in [0.15, 0.2) is 11.5 Å². The molecule has 0 spiro atoms. The van der Waals surface area contributed by atoms with Crippen LogP contribution in [0.2, 0.25) is 0 Å². The van der Waals surface area contributed by atoms with Gasteiger partial charge in [-0.25, -0.2) is 5.01 Å². The molecule has 0 aliphatic carbocycles. The summed E-state index contributed by atoms with van der Waals surface area (Å²) in [5.41, 5.74) is 1.97. The second-order valence-corrected chi connectivity index (χ2v) is 6.28. The van der Waals surface area contributed by atoms with E-state index in [9.17, 15) is 13.6 Å². The number of methoxy groups -OCH3 is 1. The van der Waals surface area contributed by atoms with Gasteiger partial charge in [0.25, 0.3) is 5.91 Å². The average Bonchev–Trinajstić information content (AvgIpc) is 2.73. The van der Waals surface area contributed by atoms with E-state index in [1.54, 1.807) is 7.11 Å². The van der Waals surface area contributed by atoms with Gasteiger partial charge in [-0.2, -0.15) is 13.9 Å². The van der Waals surface area contributed by atoms with Crippen molar-refractivity contribution in [2.24, 2.45) is 5.10 Å². The summed E-state index contributed by atoms with van der Waals surface area (Å²) in [7, 11) is 1.58. The first kappa shape index (κ1) is 20.6. The topological polar surface area (TPSA) is 60.4 Å². The van der Waals surface area contributed by atoms with Crippen molar-refractivity contribution in [2.45, 2.75) is 26.4 Å². The lowest BCUT2D eigenvalue weighted by Crippen LogP contribution is -2.32. The number of nitrogens with zero attached hydrogens (tertiary/aromatic N) is 2. The molecule has 0 saturated carbocycles. The normalized spacial score (nSPS) is 13.8. The van der Waals surface area contributed by atoms with E-state index < -0.39 is 6.61 Å². The monoisotopic (exact) mass is 404 g/mol. The van der Waals surface area contributed by atoms with Crippen molar-refractivity contribution in [3.63, 3.8) is 0 Å². The Bertz CT molecular complexity index is 885. The number of carbonyl (C=O) groups excluding carboxylic acids is 1. The Morgan fingerprint density at radius 1 is 1.17 bits per heavy atom. The van der Waals surface area contributed by atoms with E-state index in [0.717, 1.165) is 24.1 Å². The average molecular weight is 404 g/mol. The van der Waals surface area contributed by atoms with Crippen molar-refractivity contribution in [1.29, 1.82) is 0 Å². The highest BCUT2D eigenvalue weighted by molar-refractivity contribution is 6.03. The van der Waals surface area contributed by atoms with E-state index in [1.807, 2.05) is 25.1 Å². The van der Waals surface area contributed by atoms with Crippen molar-refractivity contribution < 1.29 is 27.8 Å². The molecule has 2 aromatic rings. The minimum absolute atomic E-state index is 0.000992. The Kier molecular flexibility index (Phi) is 6.64. The molecule has 0 bridgehead atoms. The molecule has 8 heteroatoms. The molecular weight excluding hydrogens is 382 g/mol. The number of hydrogen-bond donors (Lipinski definition) is 0. The Labute approximate surface area is 167 Å². The molecule has 2 aromatic carbocycles. The third-order valence-corrected chi connectivity index (χ3v) is 4.38. The summed E-state index contributed by atoms with van der Waals surface area (Å²) in [6.45, 7) is -0.0341. The zero-order valence-electron chi connectivity index (χ0n) is 16.2. The van der Waals surface area contributed by atoms with E-state index in [-0.39, 0.29) is 11.7 Å². The lowest BCUT2D eigenvalue weighted by atomic mass is 10.0. The van der Waals surface area contributed by atoms with Crippen molar-refractivity contribution in [3.05, 3.63) is 53.6 Å². The van der Waals surface area contributed by atoms with E-state index in [4.69, 9.17) is 9.47 Å². The molecule has 1 aliphatic heterocycles. The Balaban J connectivity index is 1.80. The van der Waals surface area contributed by atoms with Crippen LogP contribution < -0.4 is 14.2 Å². The van der Waals surface area contributed by atoms with Gasteiger partial charge in [0.1, 0.15) is 5.75 Å². The highest BCUT2D eigenvalue weighted by Gasteiger charge is 2.21. The van der Waals surface area contributed by atoms with Crippen molar-refractivity contribution >= 4 is 11.6 Å². The maximum atomic E-state index is 12.8. The molecule has 0 radical (unpaired) electrons. The lowest BCUT2D eigenvalue weighted by Gasteiger charge is -2.24. The minimum Gasteiger partial charge on any atom is -0.493 e. The van der Waals surface area contributed by atoms with Gasteiger partial charge >= 0.3 is 6.61 Å². The Hall–Kier alpha value is -3.16. The highest BCUT2D eigenvalue weighted by atomic mass is 19.3. The molecule has 0 unspecified atom stereocenters. The van der Waals surface area contributed by atoms with Crippen LogP contribution in [-0.2, 0) is 0 Å². The van der Waals surface area contributed by atoms with E-state index in [1.165, 1.54) is 29.3 Å². The van der Waals surface area contributed by atoms with E-state index in [2.05, 4.69) is 9.84 Å². The molecular formula is C21H22F2N2O4. The van der Waals surface area contributed by atoms with Crippen LogP contribution in [0.3, 0.4) is 0 Å². The van der Waals surface area contributed by atoms with Crippen molar-refractivity contribution in [1.82, 2.24) is 5.01 Å². The summed E-state index contributed by atoms with van der Waals surface area (Å²) in [5.74, 6) is 0.949. The van der Waals surface area contributed by atoms with Gasteiger partial charge in [-0.05, 0) is 62.2 Å². The quantitative estimate of drug-likeness (QED) is 0.689. The summed E-state index contributed by atoms with van der Waals surface area (Å²) < 4.78 is 39.8. The van der Waals surface area contributed by atoms with Gasteiger partial charge in [0, 0.05) is 17.7 Å². The van der Waals surface area contributed by atoms with Crippen LogP contribution in [0.25, 0.3) is 0 Å². The molecule has 1 aliphatic rings. The van der Waals surface area contributed by atoms with Crippen LogP contribution in [0, 0.1) is 0 Å². The molecule has 0 aromatic heterocycles. The fourth-order valence-electron chi connectivity index (χ4n) is 3.04. The predicted octanol–water partition coefficient (Wildman–Crippen LogP) is 4.34. The van der Waals surface area contributed by atoms with Crippen LogP contribution in [0.4, 0.5) is 8.78 Å². The summed E-state index contributed by atoms with van der Waals surface area (Å²) in [6, 6.07) is 11.1. The number of amides is 1. The van der Waals surface area contributed by atoms with Gasteiger partial charge in [-0.15, -0.1) is 0 Å². The molecule has 6 nitrogen and oxygen atoms in total. The summed E-state index contributed by atoms with van der Waals surface area (Å²) in [5, 5.41) is 5.90. The van der Waals surface area contributed by atoms with Crippen molar-refractivity contribution in [2.75, 3.05) is 20.3 Å². The number of rotatable bonds is 7. The summed E-state index contributed by atoms with van der Waals surface area (Å²) in [4.78, 5) is 12.8. The molecule has 0 saturated heterocycles. The Morgan fingerprint density at radius 2 is 1.93 bits per heavy atom. The van der Waals surface area contributed by atoms with Crippen LogP contribution >= 0.6 is 0 Å². The first-order chi connectivity index (χ1) is 14.0. The van der Waals surface area contributed by atoms with Crippen LogP contribution in [0.15, 0.2) is 47.6 Å². The molecule has 1 amide bonds. The maximum Gasteiger partial charge on any atom is 0.387 e. The summed E-state index contributed by atoms with van der Waals surface area (Å²) in [6.07, 6.45) is 1.48. The Morgan fingerprint density at radius 3 is 2.59 bits per heavy atom. The third kappa shape index (κ3) is 5.01. The number of benzene rings is 2. The van der Waals surface area contributed by atoms with Gasteiger partial charge in [0.05, 0.1) is 19.4 Å². The molecule has 0 N–H and O–H groups in total. The van der Waals surface area contributed by atoms with E-state index >= 15 is 0 Å². The zero-order valence-corrected chi connectivity index (χ0v) is 16.2. The fourth-order valence-corrected chi connectivity index (χ4v) is 3.04. The molecule has 3 rings (SSSR count). The number of alkyl halides is 2. The first-order valence-electron chi connectivity index (χ1n) is 9.27. The lowest BCUT2D eigenvalue weighted by molar-refractivity contribution is -0.0498. The second kappa shape index (κ2) is 9.36. The number of halogens is 2. The summed E-state index contributed by atoms with van der Waals surface area (Å²) >= 11 is 0. The number of hydrazone groups is 1. The largest absolute Gasteiger partial charge is 0.493 e. The molecule has 154 valence electrons. The number of ether oxygens (including phenoxy) is 3. The molecule has 1 heterocycles. The predicted molar refractivity (Wildman–Crippen MR) is 104 cm³/mol. The van der Waals surface area contributed by atoms with Crippen LogP contribution in [0.5, 0.6) is 17.2 Å². The van der Waals surface area contributed by atoms with Crippen LogP contribution in [-0.4, -0.2) is 43.5 Å². The highest BCUT2D eigenvalue weighted by Crippen LogP contribution is 2.29. The number of carbonyl (C=O) groups is 1. The van der Waals surface area contributed by atoms with Gasteiger partial charge < -0.3 is 14.2 Å². The molecule has 0 atom stereocenters. The van der Waals surface area contributed by atoms with Gasteiger partial charge in [-0.3, -0.25) is 4.79 Å². The number of hydrogen-bond acceptors (Lipinski definition) is 5. The molecule has 29 heavy (non-hydrogen) atoms. The second-order valence-electron chi connectivity index (χ2n) is 6.28. The van der Waals surface area contributed by atoms with E-state index in [0.29, 0.717) is 30.2 Å². The maximum absolute atomic E-state index is 12.8. The third-order valence-electron chi connectivity index (χ3n) is 4.38. The molecule has 0 fully saturated rings. The smallest absolute Gasteiger partial charge is 0.387 e. The van der Waals surface area contributed by atoms with Gasteiger partial charge in [0.2, 0.25) is 0 Å². The fraction of sp³-hybridized carbons (Fsp3) is 0.333. The minimum atomic E-state index is -2.91. The zero-order chi connectivity index (χ0) is 20.8. The van der Waals surface area contributed by atoms with Crippen LogP contribution in [0.1, 0.15) is 35.7 Å². The van der Waals surface area contributed by atoms with Gasteiger partial charge in [-0.1, -0.05) is 0 Å². The SMILES string of the molecule is CCOc1cc(C2=NN(C(=O)c3ccc(OC(F)F)cc3)CCC2)ccc1OC. The standard InChI is InChI=1S/C21H22F2N2O4/c1-3-28-19-13-15(8-11-18(19)27-2)17-5-4-12-25(24-17)20(26)14-6-9-16(10-7-14)29-21(22)23/h6-11,13,21H,3-5,12H2,1-2H3. The first-order valence-corrected chi connectivity index (χ1v) is 9.27. The van der Waals surface area contributed by atoms with Crippen molar-refractivity contribution in [3.8, 4) is 17.2 Å².